The first-order chi connectivity index (χ1) is 14.8. The van der Waals surface area contributed by atoms with Gasteiger partial charge >= 0.3 is 5.97 Å². The van der Waals surface area contributed by atoms with Crippen LogP contribution in [0.2, 0.25) is 0 Å². The minimum absolute atomic E-state index is 0.00397. The van der Waals surface area contributed by atoms with Gasteiger partial charge in [-0.3, -0.25) is 4.79 Å². The first-order valence-electron chi connectivity index (χ1n) is 10.9. The van der Waals surface area contributed by atoms with Gasteiger partial charge in [-0.1, -0.05) is 34.6 Å². The Morgan fingerprint density at radius 3 is 1.91 bits per heavy atom. The second kappa shape index (κ2) is 11.0. The van der Waals surface area contributed by atoms with Crippen LogP contribution in [-0.2, 0) is 23.7 Å². The van der Waals surface area contributed by atoms with Gasteiger partial charge in [0.1, 0.15) is 42.7 Å². The number of carbonyl (C=O) groups is 1. The molecule has 2 fully saturated rings. The third-order valence-electron chi connectivity index (χ3n) is 5.67. The summed E-state index contributed by atoms with van der Waals surface area (Å²) in [5.41, 5.74) is -0.551. The van der Waals surface area contributed by atoms with Crippen molar-refractivity contribution in [2.75, 3.05) is 13.2 Å². The summed E-state index contributed by atoms with van der Waals surface area (Å²) in [7, 11) is 0. The van der Waals surface area contributed by atoms with Crippen molar-refractivity contribution in [1.29, 1.82) is 0 Å². The van der Waals surface area contributed by atoms with E-state index in [1.807, 2.05) is 13.8 Å². The van der Waals surface area contributed by atoms with Crippen molar-refractivity contribution in [2.24, 2.45) is 11.3 Å². The molecule has 0 aromatic rings. The molecule has 2 saturated heterocycles. The van der Waals surface area contributed by atoms with Crippen LogP contribution in [0.15, 0.2) is 0 Å². The maximum absolute atomic E-state index is 12.0. The Labute approximate surface area is 187 Å². The number of ether oxygens (including phenoxy) is 4. The van der Waals surface area contributed by atoms with Crippen LogP contribution >= 0.6 is 0 Å². The molecule has 11 nitrogen and oxygen atoms in total. The summed E-state index contributed by atoms with van der Waals surface area (Å²) in [4.78, 5) is 12.0. The van der Waals surface area contributed by atoms with E-state index >= 15 is 0 Å². The molecule has 32 heavy (non-hydrogen) atoms. The van der Waals surface area contributed by atoms with Gasteiger partial charge < -0.3 is 49.6 Å². The molecule has 2 aliphatic heterocycles. The third kappa shape index (κ3) is 6.16. The molecular weight excluding hydrogens is 428 g/mol. The monoisotopic (exact) mass is 466 g/mol. The predicted octanol–water partition coefficient (Wildman–Crippen LogP) is -1.70. The summed E-state index contributed by atoms with van der Waals surface area (Å²) in [6.45, 7) is 7.84. The summed E-state index contributed by atoms with van der Waals surface area (Å²) in [5.74, 6) is -0.616. The van der Waals surface area contributed by atoms with Crippen LogP contribution < -0.4 is 0 Å². The molecular formula is C21H38O11. The van der Waals surface area contributed by atoms with Crippen molar-refractivity contribution in [3.05, 3.63) is 0 Å². The van der Waals surface area contributed by atoms with Crippen LogP contribution in [-0.4, -0.2) is 111 Å². The quantitative estimate of drug-likeness (QED) is 0.236. The Balaban J connectivity index is 2.14. The molecule has 10 unspecified atom stereocenters. The summed E-state index contributed by atoms with van der Waals surface area (Å²) in [6.07, 6.45) is -13.4. The summed E-state index contributed by atoms with van der Waals surface area (Å²) >= 11 is 0. The first-order valence-corrected chi connectivity index (χ1v) is 10.9. The summed E-state index contributed by atoms with van der Waals surface area (Å²) in [5, 5.41) is 61.7. The third-order valence-corrected chi connectivity index (χ3v) is 5.67. The highest BCUT2D eigenvalue weighted by Crippen LogP contribution is 2.35. The first kappa shape index (κ1) is 27.4. The zero-order valence-electron chi connectivity index (χ0n) is 19.2. The van der Waals surface area contributed by atoms with Gasteiger partial charge in [-0.15, -0.1) is 0 Å². The predicted molar refractivity (Wildman–Crippen MR) is 109 cm³/mol. The number of hydrogen-bond donors (Lipinski definition) is 6. The van der Waals surface area contributed by atoms with E-state index in [2.05, 4.69) is 0 Å². The molecule has 11 heteroatoms. The highest BCUT2D eigenvalue weighted by atomic mass is 16.7. The normalized spacial score (nSPS) is 41.0. The lowest BCUT2D eigenvalue weighted by Gasteiger charge is -2.49. The summed E-state index contributed by atoms with van der Waals surface area (Å²) < 4.78 is 22.1. The van der Waals surface area contributed by atoms with Gasteiger partial charge in [0.2, 0.25) is 0 Å². The number of aliphatic hydroxyl groups excluding tert-OH is 6. The van der Waals surface area contributed by atoms with Gasteiger partial charge in [-0.2, -0.15) is 0 Å². The van der Waals surface area contributed by atoms with Crippen molar-refractivity contribution < 1.29 is 54.4 Å². The fourth-order valence-electron chi connectivity index (χ4n) is 3.97. The summed E-state index contributed by atoms with van der Waals surface area (Å²) in [6, 6.07) is 0. The van der Waals surface area contributed by atoms with Gasteiger partial charge in [0, 0.05) is 6.42 Å². The average Bonchev–Trinajstić information content (AvgIpc) is 2.69. The number of hydrogen-bond acceptors (Lipinski definition) is 11. The second-order valence-electron chi connectivity index (χ2n) is 9.98. The Morgan fingerprint density at radius 2 is 1.41 bits per heavy atom. The molecule has 0 amide bonds. The number of carbonyl (C=O) groups excluding carboxylic acids is 1. The highest BCUT2D eigenvalue weighted by molar-refractivity contribution is 5.69. The van der Waals surface area contributed by atoms with Gasteiger partial charge in [0.25, 0.3) is 0 Å². The van der Waals surface area contributed by atoms with E-state index in [9.17, 15) is 35.4 Å². The second-order valence-corrected chi connectivity index (χ2v) is 9.98. The molecule has 0 aliphatic carbocycles. The van der Waals surface area contributed by atoms with Gasteiger partial charge in [-0.05, 0) is 11.3 Å². The zero-order valence-corrected chi connectivity index (χ0v) is 19.2. The Hall–Kier alpha value is -0.890. The zero-order chi connectivity index (χ0) is 24.4. The van der Waals surface area contributed by atoms with Crippen LogP contribution in [0.25, 0.3) is 0 Å². The maximum Gasteiger partial charge on any atom is 0.306 e. The lowest BCUT2D eigenvalue weighted by molar-refractivity contribution is -0.346. The fourth-order valence-corrected chi connectivity index (χ4v) is 3.97. The number of aliphatic hydroxyl groups is 6. The molecule has 6 N–H and O–H groups in total. The molecule has 0 aromatic carbocycles. The van der Waals surface area contributed by atoms with Crippen LogP contribution in [0.5, 0.6) is 0 Å². The molecule has 2 rings (SSSR count). The van der Waals surface area contributed by atoms with Gasteiger partial charge in [-0.25, -0.2) is 0 Å². The molecule has 0 saturated carbocycles. The molecule has 0 radical (unpaired) electrons. The van der Waals surface area contributed by atoms with E-state index < -0.39 is 85.8 Å². The van der Waals surface area contributed by atoms with Crippen molar-refractivity contribution in [3.8, 4) is 0 Å². The van der Waals surface area contributed by atoms with Crippen LogP contribution in [0, 0.1) is 11.3 Å². The van der Waals surface area contributed by atoms with Crippen molar-refractivity contribution in [2.45, 2.75) is 102 Å². The van der Waals surface area contributed by atoms with Crippen molar-refractivity contribution in [1.82, 2.24) is 0 Å². The number of esters is 1. The van der Waals surface area contributed by atoms with E-state index in [1.54, 1.807) is 20.8 Å². The largest absolute Gasteiger partial charge is 0.457 e. The molecule has 2 aliphatic rings. The smallest absolute Gasteiger partial charge is 0.306 e. The molecule has 2 heterocycles. The van der Waals surface area contributed by atoms with Crippen LogP contribution in [0.4, 0.5) is 0 Å². The minimum Gasteiger partial charge on any atom is -0.457 e. The molecule has 0 spiro atoms. The lowest BCUT2D eigenvalue weighted by Crippen LogP contribution is -2.66. The van der Waals surface area contributed by atoms with E-state index in [1.165, 1.54) is 0 Å². The van der Waals surface area contributed by atoms with Gasteiger partial charge in [0.05, 0.1) is 19.3 Å². The van der Waals surface area contributed by atoms with E-state index in [0.29, 0.717) is 0 Å². The molecule has 0 bridgehead atoms. The average molecular weight is 467 g/mol. The van der Waals surface area contributed by atoms with Crippen molar-refractivity contribution >= 4 is 5.97 Å². The molecule has 0 aromatic heterocycles. The van der Waals surface area contributed by atoms with E-state index in [0.717, 1.165) is 0 Å². The lowest BCUT2D eigenvalue weighted by atomic mass is 9.80. The Morgan fingerprint density at radius 1 is 0.875 bits per heavy atom. The maximum atomic E-state index is 12.0. The van der Waals surface area contributed by atoms with E-state index in [-0.39, 0.29) is 12.3 Å². The molecule has 10 atom stereocenters. The molecule has 188 valence electrons. The SMILES string of the molecule is CC(C)CC(=O)OC1C(CO)OC(OC2C(CO)OC(C(C)(C)C)C(O)C2O)C(O)C1O. The fraction of sp³-hybridized carbons (Fsp3) is 0.952. The van der Waals surface area contributed by atoms with Crippen LogP contribution in [0.3, 0.4) is 0 Å². The number of rotatable bonds is 7. The highest BCUT2D eigenvalue weighted by Gasteiger charge is 2.53. The van der Waals surface area contributed by atoms with Gasteiger partial charge in [0.15, 0.2) is 12.4 Å². The van der Waals surface area contributed by atoms with E-state index in [4.69, 9.17) is 18.9 Å². The Kier molecular flexibility index (Phi) is 9.42. The topological polar surface area (TPSA) is 175 Å². The Bertz CT molecular complexity index is 603. The standard InChI is InChI=1S/C21H38O11/c1-9(2)6-12(24)31-17-11(8-23)30-20(16(28)14(17)26)32-18-10(7-22)29-19(21(3,4)5)15(27)13(18)25/h9-11,13-20,22-23,25-28H,6-8H2,1-5H3. The van der Waals surface area contributed by atoms with Crippen molar-refractivity contribution in [3.63, 3.8) is 0 Å². The minimum atomic E-state index is -1.71. The van der Waals surface area contributed by atoms with Crippen LogP contribution in [0.1, 0.15) is 41.0 Å².